The number of hydrogen-bond donors (Lipinski definition) is 3. The van der Waals surface area contributed by atoms with Crippen molar-refractivity contribution < 1.29 is 95.2 Å². The second-order valence-corrected chi connectivity index (χ2v) is 29.0. The molecule has 3 atom stereocenters. The Kier molecular flexibility index (Phi) is 21.7. The molecule has 6 aromatic rings. The molecular weight excluding hydrogens is 1400 g/mol. The normalized spacial score (nSPS) is 20.1. The number of halogens is 2. The van der Waals surface area contributed by atoms with Gasteiger partial charge in [-0.1, -0.05) is 53.2 Å². The van der Waals surface area contributed by atoms with Crippen molar-refractivity contribution in [2.45, 2.75) is 141 Å². The molecule has 0 aliphatic carbocycles. The first-order valence-corrected chi connectivity index (χ1v) is 32.8. The molecule has 2 bridgehead atoms. The number of carbonyl (C=O) groups excluding carboxylic acids is 5. The smallest absolute Gasteiger partial charge is 0.413 e. The molecule has 4 fully saturated rings. The molecule has 24 nitrogen and oxygen atoms in total. The van der Waals surface area contributed by atoms with E-state index in [4.69, 9.17) is 54.3 Å². The largest absolute Gasteiger partial charge is 1.00 e. The molecule has 508 valence electrons. The SMILES string of the molecule is COc1ccc(COC(=O)C2=C(C[N+]34CCC(Cn5c(=O)[nH]c6cc(OCc7ccc(OC)cc7)c(OCc7ccc(OC)cc7)c(Cl)c6c5=O)(CC3)CC4)[C@H](C)S[C@@H]3[C@H](NC(=O)/C(=N\OC(C)(C)C(=O)OC(C)(C)C)c4csc(NC(=O)OC(C)(C)C)n4)C(=O)N23)cc1.[I-]. The van der Waals surface area contributed by atoms with E-state index in [0.717, 1.165) is 22.5 Å². The lowest BCUT2D eigenvalue weighted by molar-refractivity contribution is -0.941. The van der Waals surface area contributed by atoms with E-state index in [1.165, 1.54) is 40.5 Å². The quantitative estimate of drug-likeness (QED) is 0.0115. The standard InChI is InChI=1S/C67H77ClN8O16S2.HI/c1-38-45(32-76-28-25-67(26-29-76,27-30-76)37-74-56(78)49-46(70-62(74)82)31-48(87-33-39-13-19-42(84-10)20-14-39)54(50(49)68)88-34-40-15-21-43(85-11)22-16-40)53(59(80)89-35-41-17-23-44(86-12)24-18-41)75-57(79)52(58(75)94-38)71-55(77)51(73-92-66(8,9)60(81)90-64(2,3)4)47-36-93-61(69-47)72-63(83)91-65(5,6)7;/h13-24,31,36,38,52,58H,25-30,32-35,37H2,1-12H3,(H2-,69,70,71,72,77,78,82,83);1H/b73-51-;/t38-,52+,58+,67?,76?;/m0./s1. The van der Waals surface area contributed by atoms with Crippen LogP contribution in [0.2, 0.25) is 5.02 Å². The second kappa shape index (κ2) is 28.8. The molecule has 95 heavy (non-hydrogen) atoms. The van der Waals surface area contributed by atoms with E-state index < -0.39 is 80.4 Å². The number of esters is 2. The van der Waals surface area contributed by atoms with Gasteiger partial charge in [-0.3, -0.25) is 29.2 Å². The highest BCUT2D eigenvalue weighted by atomic mass is 127. The van der Waals surface area contributed by atoms with E-state index in [0.29, 0.717) is 78.3 Å². The highest BCUT2D eigenvalue weighted by molar-refractivity contribution is 8.00. The third-order valence-electron chi connectivity index (χ3n) is 16.8. The van der Waals surface area contributed by atoms with Gasteiger partial charge < -0.3 is 81.5 Å². The monoisotopic (exact) mass is 1480 g/mol. The van der Waals surface area contributed by atoms with Gasteiger partial charge in [-0.25, -0.2) is 24.2 Å². The number of amides is 3. The predicted octanol–water partition coefficient (Wildman–Crippen LogP) is 6.66. The first-order chi connectivity index (χ1) is 44.5. The summed E-state index contributed by atoms with van der Waals surface area (Å²) < 4.78 is 47.5. The molecule has 0 saturated carbocycles. The van der Waals surface area contributed by atoms with Crippen molar-refractivity contribution in [3.8, 4) is 28.7 Å². The summed E-state index contributed by atoms with van der Waals surface area (Å²) in [6.45, 7) is 17.4. The van der Waals surface area contributed by atoms with Gasteiger partial charge in [0.1, 0.15) is 82.6 Å². The van der Waals surface area contributed by atoms with Gasteiger partial charge in [0.2, 0.25) is 5.60 Å². The summed E-state index contributed by atoms with van der Waals surface area (Å²) in [7, 11) is 4.71. The van der Waals surface area contributed by atoms with Gasteiger partial charge in [0.15, 0.2) is 22.3 Å². The molecule has 3 amide bonds. The number of ether oxygens (including phenoxy) is 8. The molecule has 7 heterocycles. The number of hydrogen-bond acceptors (Lipinski definition) is 20. The Labute approximate surface area is 579 Å². The van der Waals surface area contributed by atoms with Crippen LogP contribution in [0.4, 0.5) is 9.93 Å². The van der Waals surface area contributed by atoms with E-state index >= 15 is 0 Å². The Morgan fingerprint density at radius 1 is 0.779 bits per heavy atom. The van der Waals surface area contributed by atoms with Gasteiger partial charge in [-0.05, 0) is 115 Å². The molecule has 11 rings (SSSR count). The summed E-state index contributed by atoms with van der Waals surface area (Å²) in [6, 6.07) is 22.1. The third kappa shape index (κ3) is 16.3. The van der Waals surface area contributed by atoms with Crippen LogP contribution >= 0.6 is 34.7 Å². The van der Waals surface area contributed by atoms with Crippen molar-refractivity contribution in [3.63, 3.8) is 0 Å². The molecular formula is C67H78ClIN8O16S2. The fraction of sp³-hybridized carbons (Fsp3) is 0.448. The maximum Gasteiger partial charge on any atom is 0.413 e. The van der Waals surface area contributed by atoms with Crippen molar-refractivity contribution in [1.82, 2.24) is 24.8 Å². The number of methoxy groups -OCH3 is 3. The van der Waals surface area contributed by atoms with Crippen LogP contribution < -0.4 is 69.5 Å². The van der Waals surface area contributed by atoms with Crippen LogP contribution in [0.1, 0.15) is 104 Å². The maximum atomic E-state index is 14.8. The van der Waals surface area contributed by atoms with E-state index in [2.05, 4.69) is 25.8 Å². The minimum Gasteiger partial charge on any atom is -1.00 e. The zero-order valence-electron chi connectivity index (χ0n) is 54.9. The molecule has 0 radical (unpaired) electrons. The number of benzene rings is 4. The van der Waals surface area contributed by atoms with Crippen molar-refractivity contribution in [2.75, 3.05) is 52.8 Å². The van der Waals surface area contributed by atoms with Crippen LogP contribution in [0.25, 0.3) is 10.9 Å². The summed E-state index contributed by atoms with van der Waals surface area (Å²) in [5, 5.41) is 9.88. The Morgan fingerprint density at radius 3 is 1.87 bits per heavy atom. The van der Waals surface area contributed by atoms with Crippen LogP contribution in [-0.4, -0.2) is 140 Å². The van der Waals surface area contributed by atoms with Crippen molar-refractivity contribution in [3.05, 3.63) is 144 Å². The predicted molar refractivity (Wildman–Crippen MR) is 353 cm³/mol. The van der Waals surface area contributed by atoms with Crippen molar-refractivity contribution in [2.24, 2.45) is 10.6 Å². The number of thioether (sulfide) groups is 1. The Balaban J connectivity index is 0.0000106. The number of H-pyrrole nitrogens is 1. The Morgan fingerprint density at radius 2 is 1.33 bits per heavy atom. The number of rotatable bonds is 23. The van der Waals surface area contributed by atoms with E-state index in [1.54, 1.807) is 93.2 Å². The topological polar surface area (TPSA) is 276 Å². The first-order valence-electron chi connectivity index (χ1n) is 30.6. The summed E-state index contributed by atoms with van der Waals surface area (Å²) in [5.74, 6) is -0.679. The molecule has 5 aliphatic rings. The fourth-order valence-electron chi connectivity index (χ4n) is 11.6. The number of piperidine rings is 3. The van der Waals surface area contributed by atoms with Gasteiger partial charge in [0.25, 0.3) is 17.4 Å². The molecule has 0 unspecified atom stereocenters. The molecule has 2 aromatic heterocycles. The van der Waals surface area contributed by atoms with Crippen LogP contribution in [0.3, 0.4) is 0 Å². The summed E-state index contributed by atoms with van der Waals surface area (Å²) in [5.41, 5.74) is -2.28. The molecule has 4 aromatic carbocycles. The zero-order valence-corrected chi connectivity index (χ0v) is 59.5. The number of nitrogens with zero attached hydrogens (tertiary/aromatic N) is 5. The van der Waals surface area contributed by atoms with E-state index in [9.17, 15) is 33.6 Å². The molecule has 5 aliphatic heterocycles. The lowest BCUT2D eigenvalue weighted by Crippen LogP contribution is -3.00. The number of aromatic nitrogens is 3. The van der Waals surface area contributed by atoms with Gasteiger partial charge in [-0.15, -0.1) is 23.1 Å². The number of carbonyl (C=O) groups is 5. The fourth-order valence-corrected chi connectivity index (χ4v) is 14.1. The molecule has 28 heteroatoms. The number of oxime groups is 1. The Hall–Kier alpha value is -7.86. The van der Waals surface area contributed by atoms with Crippen LogP contribution in [0.5, 0.6) is 28.7 Å². The zero-order chi connectivity index (χ0) is 67.7. The van der Waals surface area contributed by atoms with Gasteiger partial charge in [0.05, 0.1) is 51.9 Å². The minimum absolute atomic E-state index is 0. The first kappa shape index (κ1) is 71.4. The van der Waals surface area contributed by atoms with E-state index in [-0.39, 0.29) is 99.5 Å². The second-order valence-electron chi connectivity index (χ2n) is 26.3. The number of anilines is 1. The number of β-lactam (4-membered cyclic amide) rings is 1. The molecule has 3 N–H and O–H groups in total. The van der Waals surface area contributed by atoms with Crippen molar-refractivity contribution in [1.29, 1.82) is 0 Å². The van der Waals surface area contributed by atoms with Gasteiger partial charge in [0, 0.05) is 53.5 Å². The van der Waals surface area contributed by atoms with Crippen molar-refractivity contribution >= 4 is 86.3 Å². The number of thiazole rings is 1. The van der Waals surface area contributed by atoms with Gasteiger partial charge >= 0.3 is 23.7 Å². The number of fused-ring (bicyclic) bond motifs is 5. The lowest BCUT2D eigenvalue weighted by Gasteiger charge is -2.56. The lowest BCUT2D eigenvalue weighted by atomic mass is 9.70. The average Bonchev–Trinajstić information content (AvgIpc) is 0.889. The summed E-state index contributed by atoms with van der Waals surface area (Å²) >= 11 is 9.58. The third-order valence-corrected chi connectivity index (χ3v) is 19.4. The molecule has 4 saturated heterocycles. The van der Waals surface area contributed by atoms with Crippen LogP contribution in [0, 0.1) is 5.41 Å². The Bertz CT molecular complexity index is 4040. The number of nitrogens with one attached hydrogen (secondary N) is 3. The average molecular weight is 1480 g/mol. The van der Waals surface area contributed by atoms with Crippen LogP contribution in [-0.2, 0) is 64.6 Å². The van der Waals surface area contributed by atoms with E-state index in [1.807, 2.05) is 55.5 Å². The van der Waals surface area contributed by atoms with Crippen LogP contribution in [0.15, 0.2) is 110 Å². The highest BCUT2D eigenvalue weighted by Gasteiger charge is 2.58. The minimum atomic E-state index is -1.71. The summed E-state index contributed by atoms with van der Waals surface area (Å²) in [6.07, 6.45) is 1.09. The summed E-state index contributed by atoms with van der Waals surface area (Å²) in [4.78, 5) is 114. The highest BCUT2D eigenvalue weighted by Crippen LogP contribution is 2.50. The number of aromatic amines is 1. The molecule has 0 spiro atoms. The maximum absolute atomic E-state index is 14.8. The van der Waals surface area contributed by atoms with Gasteiger partial charge in [-0.2, -0.15) is 0 Å². The number of quaternary nitrogens is 1.